The van der Waals surface area contributed by atoms with Gasteiger partial charge in [-0.2, -0.15) is 10.2 Å². The predicted molar refractivity (Wildman–Crippen MR) is 99.5 cm³/mol. The minimum Gasteiger partial charge on any atom is -0.355 e. The van der Waals surface area contributed by atoms with Gasteiger partial charge in [-0.05, 0) is 56.5 Å². The van der Waals surface area contributed by atoms with Crippen LogP contribution in [0.4, 0.5) is 0 Å². The molecule has 0 saturated carbocycles. The highest BCUT2D eigenvalue weighted by Gasteiger charge is 2.22. The van der Waals surface area contributed by atoms with Crippen molar-refractivity contribution in [1.82, 2.24) is 9.97 Å². The maximum absolute atomic E-state index is 4.59. The Bertz CT molecular complexity index is 910. The average molecular weight is 330 g/mol. The number of nitrogens with zero attached hydrogens (tertiary/aromatic N) is 3. The molecule has 0 radical (unpaired) electrons. The smallest absolute Gasteiger partial charge is 0.111 e. The maximum Gasteiger partial charge on any atom is 0.111 e. The Morgan fingerprint density at radius 3 is 2.44 bits per heavy atom. The quantitative estimate of drug-likeness (QED) is 0.656. The van der Waals surface area contributed by atoms with Crippen molar-refractivity contribution in [1.29, 1.82) is 0 Å². The number of H-pyrrole nitrogens is 1. The Morgan fingerprint density at radius 2 is 1.68 bits per heavy atom. The fourth-order valence-corrected chi connectivity index (χ4v) is 3.37. The van der Waals surface area contributed by atoms with Gasteiger partial charge in [-0.15, -0.1) is 0 Å². The minimum atomic E-state index is 0.111. The zero-order chi connectivity index (χ0) is 17.2. The molecule has 0 spiro atoms. The van der Waals surface area contributed by atoms with Gasteiger partial charge in [0.05, 0.1) is 17.4 Å². The lowest BCUT2D eigenvalue weighted by Gasteiger charge is -2.21. The molecule has 4 heteroatoms. The van der Waals surface area contributed by atoms with Crippen LogP contribution in [-0.2, 0) is 0 Å². The zero-order valence-corrected chi connectivity index (χ0v) is 14.6. The van der Waals surface area contributed by atoms with Crippen molar-refractivity contribution >= 4 is 0 Å². The average Bonchev–Trinajstić information content (AvgIpc) is 3.12. The first kappa shape index (κ1) is 15.8. The molecule has 3 aromatic rings. The van der Waals surface area contributed by atoms with E-state index in [2.05, 4.69) is 63.5 Å². The van der Waals surface area contributed by atoms with E-state index in [1.54, 1.807) is 0 Å². The van der Waals surface area contributed by atoms with Crippen LogP contribution in [0.25, 0.3) is 11.4 Å². The lowest BCUT2D eigenvalue weighted by Crippen LogP contribution is -2.06. The van der Waals surface area contributed by atoms with E-state index in [0.717, 1.165) is 35.6 Å². The van der Waals surface area contributed by atoms with Crippen molar-refractivity contribution in [3.8, 4) is 11.4 Å². The van der Waals surface area contributed by atoms with E-state index in [1.165, 1.54) is 11.1 Å². The minimum absolute atomic E-state index is 0.111. The second-order valence-electron chi connectivity index (χ2n) is 6.75. The highest BCUT2D eigenvalue weighted by molar-refractivity contribution is 5.55. The molecular weight excluding hydrogens is 308 g/mol. The summed E-state index contributed by atoms with van der Waals surface area (Å²) in [5.41, 5.74) is 6.68. The summed E-state index contributed by atoms with van der Waals surface area (Å²) in [5.74, 6) is 0. The lowest BCUT2D eigenvalue weighted by molar-refractivity contribution is 0.447. The first-order valence-corrected chi connectivity index (χ1v) is 8.78. The van der Waals surface area contributed by atoms with Gasteiger partial charge >= 0.3 is 0 Å². The lowest BCUT2D eigenvalue weighted by atomic mass is 9.96. The van der Waals surface area contributed by atoms with E-state index in [1.807, 2.05) is 25.1 Å². The van der Waals surface area contributed by atoms with Crippen LogP contribution in [0.3, 0.4) is 0 Å². The first-order chi connectivity index (χ1) is 12.2. The fraction of sp³-hybridized carbons (Fsp3) is 0.286. The molecule has 0 amide bonds. The summed E-state index contributed by atoms with van der Waals surface area (Å²) in [5, 5.41) is 9.17. The summed E-state index contributed by atoms with van der Waals surface area (Å²) < 4.78 is 0. The Balaban J connectivity index is 1.52. The molecule has 126 valence electrons. The maximum atomic E-state index is 4.59. The second-order valence-corrected chi connectivity index (χ2v) is 6.75. The molecule has 4 nitrogen and oxygen atoms in total. The molecule has 1 aromatic carbocycles. The number of pyridine rings is 1. The number of hydrogen-bond donors (Lipinski definition) is 1. The van der Waals surface area contributed by atoms with Gasteiger partial charge < -0.3 is 4.98 Å². The number of rotatable bonds is 3. The molecule has 4 rings (SSSR count). The monoisotopic (exact) mass is 330 g/mol. The summed E-state index contributed by atoms with van der Waals surface area (Å²) in [6.07, 6.45) is 2.03. The van der Waals surface area contributed by atoms with Gasteiger partial charge in [-0.1, -0.05) is 35.9 Å². The van der Waals surface area contributed by atoms with Crippen molar-refractivity contribution in [3.63, 3.8) is 0 Å². The summed E-state index contributed by atoms with van der Waals surface area (Å²) in [4.78, 5) is 8.05. The van der Waals surface area contributed by atoms with Crippen LogP contribution in [0.1, 0.15) is 47.4 Å². The predicted octanol–water partition coefficient (Wildman–Crippen LogP) is 5.72. The van der Waals surface area contributed by atoms with Gasteiger partial charge in [0.25, 0.3) is 0 Å². The van der Waals surface area contributed by atoms with Crippen molar-refractivity contribution < 1.29 is 0 Å². The number of aryl methyl sites for hydroxylation is 2. The molecule has 0 fully saturated rings. The van der Waals surface area contributed by atoms with Crippen molar-refractivity contribution in [2.24, 2.45) is 10.2 Å². The molecule has 2 atom stereocenters. The molecule has 2 aromatic heterocycles. The van der Waals surface area contributed by atoms with E-state index in [0.29, 0.717) is 0 Å². The molecule has 0 saturated heterocycles. The van der Waals surface area contributed by atoms with Crippen LogP contribution in [0.15, 0.2) is 64.8 Å². The number of benzene rings is 1. The normalized spacial score (nSPS) is 19.9. The largest absolute Gasteiger partial charge is 0.355 e. The number of azo groups is 1. The van der Waals surface area contributed by atoms with Crippen LogP contribution >= 0.6 is 0 Å². The van der Waals surface area contributed by atoms with Crippen molar-refractivity contribution in [3.05, 3.63) is 77.1 Å². The molecular formula is C21H22N4. The van der Waals surface area contributed by atoms with E-state index >= 15 is 0 Å². The summed E-state index contributed by atoms with van der Waals surface area (Å²) >= 11 is 0. The van der Waals surface area contributed by atoms with Crippen LogP contribution in [0.5, 0.6) is 0 Å². The summed E-state index contributed by atoms with van der Waals surface area (Å²) in [6, 6.07) is 19.1. The third kappa shape index (κ3) is 3.38. The van der Waals surface area contributed by atoms with E-state index in [9.17, 15) is 0 Å². The highest BCUT2D eigenvalue weighted by Crippen LogP contribution is 2.36. The number of nitrogens with one attached hydrogen (secondary N) is 1. The molecule has 1 aliphatic rings. The van der Waals surface area contributed by atoms with E-state index in [4.69, 9.17) is 0 Å². The van der Waals surface area contributed by atoms with Gasteiger partial charge in [0.2, 0.25) is 0 Å². The molecule has 0 aliphatic carbocycles. The van der Waals surface area contributed by atoms with Gasteiger partial charge in [0, 0.05) is 11.4 Å². The first-order valence-electron chi connectivity index (χ1n) is 8.78. The van der Waals surface area contributed by atoms with Crippen LogP contribution in [0.2, 0.25) is 0 Å². The highest BCUT2D eigenvalue weighted by atomic mass is 15.2. The molecule has 2 unspecified atom stereocenters. The molecule has 1 aliphatic heterocycles. The number of hydrogen-bond acceptors (Lipinski definition) is 3. The Kier molecular flexibility index (Phi) is 4.18. The number of aromatic nitrogens is 2. The Labute approximate surface area is 148 Å². The Morgan fingerprint density at radius 1 is 0.880 bits per heavy atom. The SMILES string of the molecule is Cc1cccc(C2CCC(c3ccc(-c4cccc(C)n4)[nH]3)N=N2)c1. The molecule has 0 bridgehead atoms. The standard InChI is InChI=1S/C21H22N4/c1-14-5-3-7-16(13-14)17-9-12-21(25-24-17)20-11-10-19(23-20)18-8-4-6-15(2)22-18/h3-8,10-11,13,17,21,23H,9,12H2,1-2H3. The topological polar surface area (TPSA) is 53.4 Å². The Hall–Kier alpha value is -2.75. The molecule has 3 heterocycles. The van der Waals surface area contributed by atoms with Crippen LogP contribution in [0, 0.1) is 13.8 Å². The van der Waals surface area contributed by atoms with Crippen LogP contribution < -0.4 is 0 Å². The zero-order valence-electron chi connectivity index (χ0n) is 14.6. The van der Waals surface area contributed by atoms with Crippen molar-refractivity contribution in [2.75, 3.05) is 0 Å². The van der Waals surface area contributed by atoms with Crippen molar-refractivity contribution in [2.45, 2.75) is 38.8 Å². The second kappa shape index (κ2) is 6.63. The van der Waals surface area contributed by atoms with E-state index < -0.39 is 0 Å². The van der Waals surface area contributed by atoms with Crippen LogP contribution in [-0.4, -0.2) is 9.97 Å². The van der Waals surface area contributed by atoms with Gasteiger partial charge in [0.1, 0.15) is 6.04 Å². The third-order valence-electron chi connectivity index (χ3n) is 4.72. The van der Waals surface area contributed by atoms with E-state index in [-0.39, 0.29) is 12.1 Å². The van der Waals surface area contributed by atoms with Gasteiger partial charge in [-0.25, -0.2) is 0 Å². The summed E-state index contributed by atoms with van der Waals surface area (Å²) in [6.45, 7) is 4.13. The molecule has 1 N–H and O–H groups in total. The van der Waals surface area contributed by atoms with Gasteiger partial charge in [0.15, 0.2) is 0 Å². The fourth-order valence-electron chi connectivity index (χ4n) is 3.37. The third-order valence-corrected chi connectivity index (χ3v) is 4.72. The van der Waals surface area contributed by atoms with Gasteiger partial charge in [-0.3, -0.25) is 4.98 Å². The summed E-state index contributed by atoms with van der Waals surface area (Å²) in [7, 11) is 0. The molecule has 25 heavy (non-hydrogen) atoms. The number of aromatic amines is 1.